The van der Waals surface area contributed by atoms with E-state index in [0.717, 1.165) is 24.3 Å². The first kappa shape index (κ1) is 12.2. The zero-order chi connectivity index (χ0) is 9.23. The molecule has 74 valence electrons. The van der Waals surface area contributed by atoms with Crippen molar-refractivity contribution in [3.05, 3.63) is 0 Å². The van der Waals surface area contributed by atoms with E-state index in [2.05, 4.69) is 5.32 Å². The average Bonchev–Trinajstić information content (AvgIpc) is 2.10. The molecule has 0 saturated carbocycles. The van der Waals surface area contributed by atoms with Gasteiger partial charge in [0.05, 0.1) is 0 Å². The lowest BCUT2D eigenvalue weighted by atomic mass is 10.2. The molecule has 3 nitrogen and oxygen atoms in total. The number of hydrogen-bond donors (Lipinski definition) is 3. The fraction of sp³-hybridized carbons (Fsp3) is 1.00. The van der Waals surface area contributed by atoms with Crippen LogP contribution < -0.4 is 5.32 Å². The molecule has 0 heterocycles. The maximum absolute atomic E-state index is 8.68. The van der Waals surface area contributed by atoms with Crippen molar-refractivity contribution in [1.29, 1.82) is 0 Å². The Morgan fingerprint density at radius 3 is 2.58 bits per heavy atom. The molecule has 0 aliphatic heterocycles. The summed E-state index contributed by atoms with van der Waals surface area (Å²) in [5, 5.41) is 20.3. The minimum absolute atomic E-state index is 0.242. The lowest BCUT2D eigenvalue weighted by Gasteiger charge is -2.13. The van der Waals surface area contributed by atoms with Gasteiger partial charge < -0.3 is 15.5 Å². The van der Waals surface area contributed by atoms with Gasteiger partial charge >= 0.3 is 0 Å². The van der Waals surface area contributed by atoms with Gasteiger partial charge in [0.25, 0.3) is 0 Å². The van der Waals surface area contributed by atoms with Crippen molar-refractivity contribution in [2.75, 3.05) is 31.8 Å². The van der Waals surface area contributed by atoms with Crippen molar-refractivity contribution < 1.29 is 10.2 Å². The molecule has 12 heavy (non-hydrogen) atoms. The molecule has 0 radical (unpaired) electrons. The maximum atomic E-state index is 8.68. The second kappa shape index (κ2) is 9.32. The van der Waals surface area contributed by atoms with E-state index in [-0.39, 0.29) is 13.2 Å². The molecule has 0 spiro atoms. The molecule has 0 aliphatic carbocycles. The molecule has 0 aromatic rings. The number of hydrogen-bond acceptors (Lipinski definition) is 4. The molecule has 0 aliphatic rings. The molecule has 0 amide bonds. The fourth-order valence-electron chi connectivity index (χ4n) is 0.859. The quantitative estimate of drug-likeness (QED) is 0.478. The van der Waals surface area contributed by atoms with Gasteiger partial charge in [-0.25, -0.2) is 0 Å². The van der Waals surface area contributed by atoms with Crippen LogP contribution in [0.2, 0.25) is 0 Å². The summed E-state index contributed by atoms with van der Waals surface area (Å²) in [6.45, 7) is 0.517. The Kier molecular flexibility index (Phi) is 9.50. The molecule has 0 fully saturated rings. The Balaban J connectivity index is 3.19. The van der Waals surface area contributed by atoms with Crippen LogP contribution in [-0.4, -0.2) is 48.0 Å². The minimum Gasteiger partial charge on any atom is -0.396 e. The summed E-state index contributed by atoms with van der Waals surface area (Å²) in [5.74, 6) is 2.01. The minimum atomic E-state index is 0.242. The predicted octanol–water partition coefficient (Wildman–Crippen LogP) is 0.0724. The van der Waals surface area contributed by atoms with Crippen LogP contribution in [0.4, 0.5) is 0 Å². The van der Waals surface area contributed by atoms with E-state index < -0.39 is 0 Å². The molecule has 0 aromatic heterocycles. The third-order valence-corrected chi connectivity index (χ3v) is 2.87. The summed E-state index contributed by atoms with van der Waals surface area (Å²) >= 11 is 1.82. The summed E-state index contributed by atoms with van der Waals surface area (Å²) in [4.78, 5) is 0. The smallest absolute Gasteiger partial charge is 0.0446 e. The normalized spacial score (nSPS) is 13.2. The third-order valence-electron chi connectivity index (χ3n) is 1.65. The van der Waals surface area contributed by atoms with Gasteiger partial charge in [-0.1, -0.05) is 0 Å². The van der Waals surface area contributed by atoms with Crippen LogP contribution >= 0.6 is 11.8 Å². The topological polar surface area (TPSA) is 52.5 Å². The standard InChI is InChI=1S/C8H19NO2S/c1-9-8(3-5-11)7-12-6-2-4-10/h8-11H,2-7H2,1H3. The van der Waals surface area contributed by atoms with E-state index in [0.29, 0.717) is 6.04 Å². The number of nitrogens with one attached hydrogen (secondary N) is 1. The zero-order valence-electron chi connectivity index (χ0n) is 7.62. The van der Waals surface area contributed by atoms with Crippen molar-refractivity contribution in [1.82, 2.24) is 5.32 Å². The van der Waals surface area contributed by atoms with Gasteiger partial charge in [-0.2, -0.15) is 11.8 Å². The molecular weight excluding hydrogens is 174 g/mol. The van der Waals surface area contributed by atoms with Crippen molar-refractivity contribution in [3.8, 4) is 0 Å². The number of rotatable bonds is 8. The van der Waals surface area contributed by atoms with E-state index in [9.17, 15) is 0 Å². The molecule has 1 unspecified atom stereocenters. The second-order valence-electron chi connectivity index (χ2n) is 2.65. The van der Waals surface area contributed by atoms with Crippen molar-refractivity contribution in [2.24, 2.45) is 0 Å². The Hall–Kier alpha value is 0.230. The predicted molar refractivity (Wildman–Crippen MR) is 53.6 cm³/mol. The molecule has 1 atom stereocenters. The number of aliphatic hydroxyl groups is 2. The Morgan fingerprint density at radius 1 is 1.33 bits per heavy atom. The van der Waals surface area contributed by atoms with E-state index in [1.54, 1.807) is 0 Å². The van der Waals surface area contributed by atoms with Crippen molar-refractivity contribution in [2.45, 2.75) is 18.9 Å². The highest BCUT2D eigenvalue weighted by molar-refractivity contribution is 7.99. The zero-order valence-corrected chi connectivity index (χ0v) is 8.44. The van der Waals surface area contributed by atoms with Gasteiger partial charge in [0.15, 0.2) is 0 Å². The monoisotopic (exact) mass is 193 g/mol. The summed E-state index contributed by atoms with van der Waals surface area (Å²) in [5.41, 5.74) is 0. The second-order valence-corrected chi connectivity index (χ2v) is 3.80. The van der Waals surface area contributed by atoms with E-state index in [4.69, 9.17) is 10.2 Å². The SMILES string of the molecule is CNC(CCO)CSCCCO. The molecule has 4 heteroatoms. The Labute approximate surface area is 78.6 Å². The van der Waals surface area contributed by atoms with Gasteiger partial charge in [-0.3, -0.25) is 0 Å². The van der Waals surface area contributed by atoms with Crippen molar-refractivity contribution >= 4 is 11.8 Å². The van der Waals surface area contributed by atoms with Gasteiger partial charge in [0.1, 0.15) is 0 Å². The molecule has 0 bridgehead atoms. The van der Waals surface area contributed by atoms with Gasteiger partial charge in [-0.05, 0) is 25.6 Å². The first-order valence-corrected chi connectivity index (χ1v) is 5.47. The summed E-state index contributed by atoms with van der Waals surface area (Å²) < 4.78 is 0. The Bertz CT molecular complexity index is 93.1. The van der Waals surface area contributed by atoms with Crippen molar-refractivity contribution in [3.63, 3.8) is 0 Å². The molecular formula is C8H19NO2S. The van der Waals surface area contributed by atoms with Gasteiger partial charge in [-0.15, -0.1) is 0 Å². The lowest BCUT2D eigenvalue weighted by molar-refractivity contribution is 0.273. The fourth-order valence-corrected chi connectivity index (χ4v) is 1.98. The summed E-state index contributed by atoms with van der Waals surface area (Å²) in [6.07, 6.45) is 1.67. The van der Waals surface area contributed by atoms with Crippen LogP contribution in [0.1, 0.15) is 12.8 Å². The van der Waals surface area contributed by atoms with Gasteiger partial charge in [0.2, 0.25) is 0 Å². The van der Waals surface area contributed by atoms with Crippen LogP contribution in [0.15, 0.2) is 0 Å². The third kappa shape index (κ3) is 6.91. The average molecular weight is 193 g/mol. The summed E-state index contributed by atoms with van der Waals surface area (Å²) in [6, 6.07) is 0.402. The molecule has 0 rings (SSSR count). The van der Waals surface area contributed by atoms with Crippen LogP contribution in [-0.2, 0) is 0 Å². The first-order chi connectivity index (χ1) is 5.85. The van der Waals surface area contributed by atoms with Gasteiger partial charge in [0, 0.05) is 25.0 Å². The number of aliphatic hydroxyl groups excluding tert-OH is 2. The summed E-state index contributed by atoms with van der Waals surface area (Å²) in [7, 11) is 1.91. The van der Waals surface area contributed by atoms with Crippen LogP contribution in [0.3, 0.4) is 0 Å². The van der Waals surface area contributed by atoms with E-state index in [1.165, 1.54) is 0 Å². The maximum Gasteiger partial charge on any atom is 0.0446 e. The largest absolute Gasteiger partial charge is 0.396 e. The number of thioether (sulfide) groups is 1. The first-order valence-electron chi connectivity index (χ1n) is 4.31. The van der Waals surface area contributed by atoms with E-state index >= 15 is 0 Å². The molecule has 0 aromatic carbocycles. The lowest BCUT2D eigenvalue weighted by Crippen LogP contribution is -2.28. The highest BCUT2D eigenvalue weighted by Crippen LogP contribution is 2.06. The highest BCUT2D eigenvalue weighted by Gasteiger charge is 2.03. The highest BCUT2D eigenvalue weighted by atomic mass is 32.2. The molecule has 3 N–H and O–H groups in total. The van der Waals surface area contributed by atoms with Crippen LogP contribution in [0, 0.1) is 0 Å². The van der Waals surface area contributed by atoms with Crippen LogP contribution in [0.25, 0.3) is 0 Å². The molecule has 0 saturated heterocycles. The van der Waals surface area contributed by atoms with Crippen LogP contribution in [0.5, 0.6) is 0 Å². The van der Waals surface area contributed by atoms with E-state index in [1.807, 2.05) is 18.8 Å². The Morgan fingerprint density at radius 2 is 2.08 bits per heavy atom.